The van der Waals surface area contributed by atoms with Gasteiger partial charge in [0.25, 0.3) is 0 Å². The molecule has 2 aliphatic rings. The molecule has 3 nitrogen and oxygen atoms in total. The van der Waals surface area contributed by atoms with Crippen LogP contribution in [0.3, 0.4) is 0 Å². The molecule has 1 aliphatic heterocycles. The van der Waals surface area contributed by atoms with E-state index < -0.39 is 0 Å². The first-order valence-electron chi connectivity index (χ1n) is 6.93. The van der Waals surface area contributed by atoms with E-state index in [1.807, 2.05) is 6.07 Å². The van der Waals surface area contributed by atoms with Gasteiger partial charge in [0.2, 0.25) is 5.91 Å². The van der Waals surface area contributed by atoms with Gasteiger partial charge in [-0.3, -0.25) is 4.79 Å². The van der Waals surface area contributed by atoms with Crippen molar-refractivity contribution in [1.29, 1.82) is 0 Å². The molecular weight excluding hydrogens is 260 g/mol. The Labute approximate surface area is 120 Å². The lowest BCUT2D eigenvalue weighted by molar-refractivity contribution is -0.123. The van der Waals surface area contributed by atoms with Crippen LogP contribution in [0.25, 0.3) is 0 Å². The molecule has 2 fully saturated rings. The molecule has 1 aliphatic carbocycles. The number of hydrogen-bond donors (Lipinski definition) is 2. The maximum Gasteiger partial charge on any atom is 0.237 e. The summed E-state index contributed by atoms with van der Waals surface area (Å²) < 4.78 is 0. The lowest BCUT2D eigenvalue weighted by Gasteiger charge is -2.22. The molecule has 1 aromatic carbocycles. The van der Waals surface area contributed by atoms with Gasteiger partial charge in [-0.25, -0.2) is 0 Å². The van der Waals surface area contributed by atoms with Gasteiger partial charge >= 0.3 is 0 Å². The Balaban J connectivity index is 0.00000133. The quantitative estimate of drug-likeness (QED) is 0.891. The number of benzene rings is 1. The third kappa shape index (κ3) is 3.48. The summed E-state index contributed by atoms with van der Waals surface area (Å²) in [6, 6.07) is 10.8. The number of amides is 1. The second-order valence-corrected chi connectivity index (χ2v) is 5.37. The number of piperidine rings is 1. The van der Waals surface area contributed by atoms with Crippen molar-refractivity contribution >= 4 is 18.3 Å². The summed E-state index contributed by atoms with van der Waals surface area (Å²) in [6.07, 6.45) is 4.43. The SMILES string of the molecule is Cl.O=C(NC1CC1c1ccccc1)C1CCCCN1. The van der Waals surface area contributed by atoms with E-state index in [2.05, 4.69) is 34.9 Å². The molecule has 1 amide bonds. The van der Waals surface area contributed by atoms with Crippen molar-refractivity contribution in [3.8, 4) is 0 Å². The van der Waals surface area contributed by atoms with E-state index in [0.29, 0.717) is 12.0 Å². The van der Waals surface area contributed by atoms with Crippen molar-refractivity contribution in [3.63, 3.8) is 0 Å². The number of carbonyl (C=O) groups is 1. The predicted molar refractivity (Wildman–Crippen MR) is 78.6 cm³/mol. The minimum atomic E-state index is 0. The summed E-state index contributed by atoms with van der Waals surface area (Å²) in [5.74, 6) is 0.719. The van der Waals surface area contributed by atoms with Gasteiger partial charge in [0.15, 0.2) is 0 Å². The van der Waals surface area contributed by atoms with E-state index in [-0.39, 0.29) is 24.4 Å². The predicted octanol–water partition coefficient (Wildman–Crippen LogP) is 2.22. The average molecular weight is 281 g/mol. The largest absolute Gasteiger partial charge is 0.351 e. The van der Waals surface area contributed by atoms with Gasteiger partial charge in [-0.05, 0) is 31.4 Å². The van der Waals surface area contributed by atoms with Crippen molar-refractivity contribution < 1.29 is 4.79 Å². The monoisotopic (exact) mass is 280 g/mol. The second-order valence-electron chi connectivity index (χ2n) is 5.37. The first kappa shape index (κ1) is 14.4. The Kier molecular flexibility index (Phi) is 4.83. The van der Waals surface area contributed by atoms with Crippen molar-refractivity contribution in [1.82, 2.24) is 10.6 Å². The fraction of sp³-hybridized carbons (Fsp3) is 0.533. The zero-order valence-electron chi connectivity index (χ0n) is 11.0. The van der Waals surface area contributed by atoms with E-state index in [9.17, 15) is 4.79 Å². The van der Waals surface area contributed by atoms with Crippen LogP contribution >= 0.6 is 12.4 Å². The number of carbonyl (C=O) groups excluding carboxylic acids is 1. The Bertz CT molecular complexity index is 417. The molecule has 0 radical (unpaired) electrons. The van der Waals surface area contributed by atoms with Crippen molar-refractivity contribution in [2.75, 3.05) is 6.54 Å². The van der Waals surface area contributed by atoms with Crippen LogP contribution in [0, 0.1) is 0 Å². The van der Waals surface area contributed by atoms with E-state index in [1.165, 1.54) is 12.0 Å². The summed E-state index contributed by atoms with van der Waals surface area (Å²) >= 11 is 0. The van der Waals surface area contributed by atoms with Crippen molar-refractivity contribution in [3.05, 3.63) is 35.9 Å². The van der Waals surface area contributed by atoms with Gasteiger partial charge in [0, 0.05) is 12.0 Å². The van der Waals surface area contributed by atoms with Crippen LogP contribution < -0.4 is 10.6 Å². The summed E-state index contributed by atoms with van der Waals surface area (Å²) in [5.41, 5.74) is 1.35. The molecule has 0 bridgehead atoms. The molecule has 0 spiro atoms. The smallest absolute Gasteiger partial charge is 0.237 e. The summed E-state index contributed by atoms with van der Waals surface area (Å²) in [4.78, 5) is 12.1. The molecule has 2 N–H and O–H groups in total. The minimum absolute atomic E-state index is 0. The Hall–Kier alpha value is -1.06. The molecule has 1 heterocycles. The van der Waals surface area contributed by atoms with Crippen LogP contribution in [0.5, 0.6) is 0 Å². The molecule has 0 aromatic heterocycles. The van der Waals surface area contributed by atoms with Crippen LogP contribution in [0.4, 0.5) is 0 Å². The van der Waals surface area contributed by atoms with Crippen molar-refractivity contribution in [2.45, 2.75) is 43.7 Å². The van der Waals surface area contributed by atoms with E-state index in [0.717, 1.165) is 25.8 Å². The lowest BCUT2D eigenvalue weighted by Crippen LogP contribution is -2.47. The van der Waals surface area contributed by atoms with Gasteiger partial charge in [-0.1, -0.05) is 36.8 Å². The van der Waals surface area contributed by atoms with Crippen LogP contribution in [0.15, 0.2) is 30.3 Å². The highest BCUT2D eigenvalue weighted by atomic mass is 35.5. The van der Waals surface area contributed by atoms with E-state index in [1.54, 1.807) is 0 Å². The number of halogens is 1. The van der Waals surface area contributed by atoms with Crippen molar-refractivity contribution in [2.24, 2.45) is 0 Å². The third-order valence-corrected chi connectivity index (χ3v) is 3.97. The average Bonchev–Trinajstić information content (AvgIpc) is 3.20. The maximum atomic E-state index is 12.1. The standard InChI is InChI=1S/C15H20N2O.ClH/c18-15(13-8-4-5-9-16-13)17-14-10-12(14)11-6-2-1-3-7-11;/h1-3,6-7,12-14,16H,4-5,8-10H2,(H,17,18);1H. The van der Waals surface area contributed by atoms with Crippen LogP contribution in [-0.2, 0) is 4.79 Å². The summed E-state index contributed by atoms with van der Waals surface area (Å²) in [6.45, 7) is 0.977. The van der Waals surface area contributed by atoms with Gasteiger partial charge in [-0.2, -0.15) is 0 Å². The van der Waals surface area contributed by atoms with Gasteiger partial charge in [0.1, 0.15) is 0 Å². The Morgan fingerprint density at radius 3 is 2.68 bits per heavy atom. The van der Waals surface area contributed by atoms with E-state index in [4.69, 9.17) is 0 Å². The highest BCUT2D eigenvalue weighted by Crippen LogP contribution is 2.40. The maximum absolute atomic E-state index is 12.1. The summed E-state index contributed by atoms with van der Waals surface area (Å²) in [5, 5.41) is 6.47. The number of rotatable bonds is 3. The number of hydrogen-bond acceptors (Lipinski definition) is 2. The van der Waals surface area contributed by atoms with Gasteiger partial charge in [0.05, 0.1) is 6.04 Å². The molecule has 4 heteroatoms. The van der Waals surface area contributed by atoms with Crippen LogP contribution in [0.1, 0.15) is 37.2 Å². The molecule has 1 saturated carbocycles. The molecular formula is C15H21ClN2O. The molecule has 3 unspecified atom stereocenters. The zero-order chi connectivity index (χ0) is 12.4. The fourth-order valence-corrected chi connectivity index (χ4v) is 2.78. The molecule has 1 saturated heterocycles. The van der Waals surface area contributed by atoms with Crippen LogP contribution in [-0.4, -0.2) is 24.5 Å². The molecule has 3 atom stereocenters. The lowest BCUT2D eigenvalue weighted by atomic mass is 10.0. The first-order valence-corrected chi connectivity index (χ1v) is 6.93. The zero-order valence-corrected chi connectivity index (χ0v) is 11.8. The Morgan fingerprint density at radius 1 is 1.21 bits per heavy atom. The van der Waals surface area contributed by atoms with Gasteiger partial charge in [-0.15, -0.1) is 12.4 Å². The first-order chi connectivity index (χ1) is 8.84. The van der Waals surface area contributed by atoms with Crippen LogP contribution in [0.2, 0.25) is 0 Å². The minimum Gasteiger partial charge on any atom is -0.351 e. The van der Waals surface area contributed by atoms with E-state index >= 15 is 0 Å². The second kappa shape index (κ2) is 6.40. The molecule has 19 heavy (non-hydrogen) atoms. The molecule has 104 valence electrons. The number of nitrogens with one attached hydrogen (secondary N) is 2. The normalized spacial score (nSPS) is 29.2. The van der Waals surface area contributed by atoms with Gasteiger partial charge < -0.3 is 10.6 Å². The highest BCUT2D eigenvalue weighted by Gasteiger charge is 2.40. The summed E-state index contributed by atoms with van der Waals surface area (Å²) in [7, 11) is 0. The highest BCUT2D eigenvalue weighted by molar-refractivity contribution is 5.85. The Morgan fingerprint density at radius 2 is 2.00 bits per heavy atom. The fourth-order valence-electron chi connectivity index (χ4n) is 2.78. The topological polar surface area (TPSA) is 41.1 Å². The third-order valence-electron chi connectivity index (χ3n) is 3.97. The molecule has 3 rings (SSSR count). The molecule has 1 aromatic rings.